The summed E-state index contributed by atoms with van der Waals surface area (Å²) in [5, 5.41) is 0. The third-order valence-electron chi connectivity index (χ3n) is 3.62. The van der Waals surface area contributed by atoms with Crippen molar-refractivity contribution >= 4 is 22.6 Å². The summed E-state index contributed by atoms with van der Waals surface area (Å²) in [6.07, 6.45) is 0.861. The number of nitrogens with zero attached hydrogens (tertiary/aromatic N) is 2. The number of aryl methyl sites for hydroxylation is 1. The van der Waals surface area contributed by atoms with Gasteiger partial charge in [0.2, 0.25) is 0 Å². The zero-order valence-electron chi connectivity index (χ0n) is 13.0. The predicted molar refractivity (Wildman–Crippen MR) is 87.3 cm³/mol. The van der Waals surface area contributed by atoms with E-state index in [0.29, 0.717) is 5.69 Å². The Balaban J connectivity index is 2.35. The van der Waals surface area contributed by atoms with Crippen molar-refractivity contribution in [2.75, 3.05) is 0 Å². The average molecular weight is 316 g/mol. The van der Waals surface area contributed by atoms with Crippen LogP contribution >= 0.6 is 11.3 Å². The molecule has 3 nitrogen and oxygen atoms in total. The number of imidazole rings is 1. The number of thiazole rings is 1. The summed E-state index contributed by atoms with van der Waals surface area (Å²) in [7, 11) is 0. The van der Waals surface area contributed by atoms with Gasteiger partial charge >= 0.3 is 0 Å². The molecule has 5 heteroatoms. The van der Waals surface area contributed by atoms with Crippen molar-refractivity contribution < 1.29 is 9.18 Å². The summed E-state index contributed by atoms with van der Waals surface area (Å²) in [4.78, 5) is 18.2. The Bertz CT molecular complexity index is 854. The number of aldehydes is 1. The molecule has 22 heavy (non-hydrogen) atoms. The molecule has 0 unspecified atom stereocenters. The molecule has 2 heterocycles. The Morgan fingerprint density at radius 1 is 1.23 bits per heavy atom. The van der Waals surface area contributed by atoms with Crippen molar-refractivity contribution in [1.29, 1.82) is 0 Å². The average Bonchev–Trinajstić information content (AvgIpc) is 2.94. The van der Waals surface area contributed by atoms with E-state index in [9.17, 15) is 9.18 Å². The number of rotatable bonds is 2. The normalized spacial score (nSPS) is 12.0. The van der Waals surface area contributed by atoms with Crippen molar-refractivity contribution in [2.24, 2.45) is 0 Å². The Hall–Kier alpha value is -2.01. The number of hydrogen-bond acceptors (Lipinski definition) is 3. The van der Waals surface area contributed by atoms with Crippen LogP contribution in [0.2, 0.25) is 0 Å². The molecule has 0 aliphatic rings. The number of fused-ring (bicyclic) bond motifs is 1. The summed E-state index contributed by atoms with van der Waals surface area (Å²) in [5.41, 5.74) is 2.94. The van der Waals surface area contributed by atoms with E-state index < -0.39 is 0 Å². The van der Waals surface area contributed by atoms with Crippen LogP contribution in [0.25, 0.3) is 16.2 Å². The van der Waals surface area contributed by atoms with Gasteiger partial charge < -0.3 is 0 Å². The van der Waals surface area contributed by atoms with Crippen LogP contribution in [0.15, 0.2) is 24.3 Å². The summed E-state index contributed by atoms with van der Waals surface area (Å²) >= 11 is 1.54. The minimum absolute atomic E-state index is 0.212. The second kappa shape index (κ2) is 5.02. The Kier molecular flexibility index (Phi) is 3.40. The highest BCUT2D eigenvalue weighted by molar-refractivity contribution is 7.17. The van der Waals surface area contributed by atoms with E-state index in [1.807, 2.05) is 32.1 Å². The first kappa shape index (κ1) is 14.9. The van der Waals surface area contributed by atoms with E-state index >= 15 is 0 Å². The molecular formula is C17H17FN2OS. The lowest BCUT2D eigenvalue weighted by Gasteiger charge is -2.16. The largest absolute Gasteiger partial charge is 0.296 e. The molecule has 0 bridgehead atoms. The molecule has 3 aromatic rings. The minimum Gasteiger partial charge on any atom is -0.296 e. The van der Waals surface area contributed by atoms with Gasteiger partial charge in [-0.05, 0) is 36.8 Å². The quantitative estimate of drug-likeness (QED) is 0.647. The van der Waals surface area contributed by atoms with Crippen LogP contribution in [-0.4, -0.2) is 15.7 Å². The molecule has 3 rings (SSSR count). The van der Waals surface area contributed by atoms with Crippen molar-refractivity contribution in [2.45, 2.75) is 33.1 Å². The highest BCUT2D eigenvalue weighted by atomic mass is 32.1. The number of carbonyl (C=O) groups excluding carboxylic acids is 1. The molecule has 2 aromatic heterocycles. The van der Waals surface area contributed by atoms with E-state index in [1.165, 1.54) is 12.1 Å². The lowest BCUT2D eigenvalue weighted by molar-refractivity contribution is 0.111. The molecule has 0 atom stereocenters. The molecule has 0 spiro atoms. The number of aromatic nitrogens is 2. The molecule has 0 fully saturated rings. The maximum atomic E-state index is 13.2. The molecule has 0 aliphatic carbocycles. The summed E-state index contributed by atoms with van der Waals surface area (Å²) < 4.78 is 15.1. The van der Waals surface area contributed by atoms with E-state index in [1.54, 1.807) is 23.5 Å². The predicted octanol–water partition coefficient (Wildman–Crippen LogP) is 4.62. The van der Waals surface area contributed by atoms with Gasteiger partial charge in [-0.3, -0.25) is 9.20 Å². The Morgan fingerprint density at radius 2 is 1.86 bits per heavy atom. The smallest absolute Gasteiger partial charge is 0.195 e. The first-order valence-corrected chi connectivity index (χ1v) is 7.88. The third-order valence-corrected chi connectivity index (χ3v) is 4.58. The first-order chi connectivity index (χ1) is 10.3. The van der Waals surface area contributed by atoms with Crippen molar-refractivity contribution in [3.63, 3.8) is 0 Å². The van der Waals surface area contributed by atoms with Gasteiger partial charge in [-0.2, -0.15) is 0 Å². The zero-order valence-corrected chi connectivity index (χ0v) is 13.8. The summed E-state index contributed by atoms with van der Waals surface area (Å²) in [6, 6.07) is 6.32. The molecule has 0 N–H and O–H groups in total. The molecule has 1 aromatic carbocycles. The van der Waals surface area contributed by atoms with Gasteiger partial charge in [0, 0.05) is 10.3 Å². The van der Waals surface area contributed by atoms with E-state index in [4.69, 9.17) is 0 Å². The number of benzene rings is 1. The second-order valence-corrected chi connectivity index (χ2v) is 7.53. The zero-order chi connectivity index (χ0) is 16.1. The van der Waals surface area contributed by atoms with E-state index in [0.717, 1.165) is 33.1 Å². The van der Waals surface area contributed by atoms with Gasteiger partial charge in [0.05, 0.1) is 11.4 Å². The van der Waals surface area contributed by atoms with Gasteiger partial charge in [0.25, 0.3) is 0 Å². The first-order valence-electron chi connectivity index (χ1n) is 7.06. The van der Waals surface area contributed by atoms with Crippen LogP contribution in [0.3, 0.4) is 0 Å². The topological polar surface area (TPSA) is 34.4 Å². The molecule has 0 saturated carbocycles. The van der Waals surface area contributed by atoms with Gasteiger partial charge in [-0.25, -0.2) is 9.37 Å². The van der Waals surface area contributed by atoms with Gasteiger partial charge in [0.1, 0.15) is 11.5 Å². The molecular weight excluding hydrogens is 299 g/mol. The maximum absolute atomic E-state index is 13.2. The Labute approximate surface area is 132 Å². The van der Waals surface area contributed by atoms with Crippen LogP contribution in [0, 0.1) is 12.7 Å². The Morgan fingerprint density at radius 3 is 2.41 bits per heavy atom. The third kappa shape index (κ3) is 2.25. The van der Waals surface area contributed by atoms with E-state index in [-0.39, 0.29) is 11.2 Å². The van der Waals surface area contributed by atoms with Crippen molar-refractivity contribution in [3.8, 4) is 11.3 Å². The SMILES string of the molecule is Cc1sc2nc(C(C)(C)C)c(C=O)n2c1-c1ccc(F)cc1. The molecule has 114 valence electrons. The molecule has 0 radical (unpaired) electrons. The second-order valence-electron chi connectivity index (χ2n) is 6.35. The van der Waals surface area contributed by atoms with Crippen molar-refractivity contribution in [1.82, 2.24) is 9.38 Å². The van der Waals surface area contributed by atoms with Gasteiger partial charge in [-0.1, -0.05) is 20.8 Å². The number of halogens is 1. The van der Waals surface area contributed by atoms with Gasteiger partial charge in [-0.15, -0.1) is 11.3 Å². The van der Waals surface area contributed by atoms with Crippen molar-refractivity contribution in [3.05, 3.63) is 46.3 Å². The van der Waals surface area contributed by atoms with Crippen LogP contribution in [0.4, 0.5) is 4.39 Å². The molecule has 0 amide bonds. The standard InChI is InChI=1S/C17H17FN2OS/c1-10-14(11-5-7-12(18)8-6-11)20-13(9-21)15(17(2,3)4)19-16(20)22-10/h5-9H,1-4H3. The monoisotopic (exact) mass is 316 g/mol. The highest BCUT2D eigenvalue weighted by Crippen LogP contribution is 2.35. The number of carbonyl (C=O) groups is 1. The molecule has 0 saturated heterocycles. The van der Waals surface area contributed by atoms with Crippen LogP contribution < -0.4 is 0 Å². The minimum atomic E-state index is -0.274. The van der Waals surface area contributed by atoms with Crippen LogP contribution in [0.1, 0.15) is 41.8 Å². The summed E-state index contributed by atoms with van der Waals surface area (Å²) in [6.45, 7) is 8.11. The van der Waals surface area contributed by atoms with Crippen LogP contribution in [0.5, 0.6) is 0 Å². The fourth-order valence-corrected chi connectivity index (χ4v) is 3.64. The maximum Gasteiger partial charge on any atom is 0.195 e. The van der Waals surface area contributed by atoms with E-state index in [2.05, 4.69) is 4.98 Å². The lowest BCUT2D eigenvalue weighted by atomic mass is 9.91. The molecule has 0 aliphatic heterocycles. The number of hydrogen-bond donors (Lipinski definition) is 0. The lowest BCUT2D eigenvalue weighted by Crippen LogP contribution is -2.15. The summed E-state index contributed by atoms with van der Waals surface area (Å²) in [5.74, 6) is -0.274. The fraction of sp³-hybridized carbons (Fsp3) is 0.294. The highest BCUT2D eigenvalue weighted by Gasteiger charge is 2.26. The van der Waals surface area contributed by atoms with Crippen LogP contribution in [-0.2, 0) is 5.41 Å². The fourth-order valence-electron chi connectivity index (χ4n) is 2.64. The van der Waals surface area contributed by atoms with Gasteiger partial charge in [0.15, 0.2) is 11.2 Å².